The van der Waals surface area contributed by atoms with E-state index in [2.05, 4.69) is 13.8 Å². The molecule has 0 aromatic carbocycles. The van der Waals surface area contributed by atoms with Crippen LogP contribution in [0.5, 0.6) is 0 Å². The molecular weight excluding hydrogens is 222 g/mol. The van der Waals surface area contributed by atoms with Crippen molar-refractivity contribution in [3.05, 3.63) is 0 Å². The second-order valence-corrected chi connectivity index (χ2v) is 5.30. The van der Waals surface area contributed by atoms with Crippen molar-refractivity contribution in [2.24, 2.45) is 11.8 Å². The van der Waals surface area contributed by atoms with Gasteiger partial charge in [-0.25, -0.2) is 0 Å². The molecule has 0 atom stereocenters. The third-order valence-corrected chi connectivity index (χ3v) is 3.89. The summed E-state index contributed by atoms with van der Waals surface area (Å²) in [7, 11) is 0. The van der Waals surface area contributed by atoms with Crippen LogP contribution in [-0.4, -0.2) is 29.8 Å². The first-order chi connectivity index (χ1) is 7.69. The lowest BCUT2D eigenvalue weighted by Crippen LogP contribution is -2.38. The highest BCUT2D eigenvalue weighted by molar-refractivity contribution is 6.17. The molecule has 3 heteroatoms. The maximum absolute atomic E-state index is 12.2. The van der Waals surface area contributed by atoms with Gasteiger partial charge >= 0.3 is 0 Å². The van der Waals surface area contributed by atoms with Crippen molar-refractivity contribution < 1.29 is 4.79 Å². The van der Waals surface area contributed by atoms with Gasteiger partial charge in [0.15, 0.2) is 0 Å². The molecule has 0 radical (unpaired) electrons. The Morgan fingerprint density at radius 2 is 1.94 bits per heavy atom. The molecule has 1 saturated carbocycles. The van der Waals surface area contributed by atoms with Crippen LogP contribution < -0.4 is 0 Å². The van der Waals surface area contributed by atoms with Gasteiger partial charge in [-0.05, 0) is 44.9 Å². The summed E-state index contributed by atoms with van der Waals surface area (Å²) in [5.41, 5.74) is 0. The van der Waals surface area contributed by atoms with Crippen LogP contribution >= 0.6 is 11.6 Å². The minimum absolute atomic E-state index is 0.284. The monoisotopic (exact) mass is 245 g/mol. The number of rotatable bonds is 5. The second-order valence-electron chi connectivity index (χ2n) is 4.92. The molecular formula is C13H24ClNO. The summed E-state index contributed by atoms with van der Waals surface area (Å²) >= 11 is 5.67. The quantitative estimate of drug-likeness (QED) is 0.681. The van der Waals surface area contributed by atoms with Gasteiger partial charge in [-0.15, -0.1) is 11.6 Å². The highest BCUT2D eigenvalue weighted by atomic mass is 35.5. The molecule has 1 rings (SSSR count). The van der Waals surface area contributed by atoms with Gasteiger partial charge in [0.25, 0.3) is 0 Å². The number of carbonyl (C=O) groups excluding carboxylic acids is 1. The molecule has 0 aromatic heterocycles. The van der Waals surface area contributed by atoms with Crippen molar-refractivity contribution >= 4 is 17.5 Å². The largest absolute Gasteiger partial charge is 0.343 e. The zero-order valence-corrected chi connectivity index (χ0v) is 11.3. The van der Waals surface area contributed by atoms with Gasteiger partial charge < -0.3 is 4.90 Å². The zero-order chi connectivity index (χ0) is 12.0. The lowest BCUT2D eigenvalue weighted by atomic mass is 9.82. The number of carbonyl (C=O) groups is 1. The number of alkyl halides is 1. The summed E-state index contributed by atoms with van der Waals surface area (Å²) in [5.74, 6) is 2.10. The van der Waals surface area contributed by atoms with E-state index in [1.54, 1.807) is 0 Å². The topological polar surface area (TPSA) is 20.3 Å². The average molecular weight is 246 g/mol. The Bertz CT molecular complexity index is 205. The minimum atomic E-state index is 0.284. The van der Waals surface area contributed by atoms with Gasteiger partial charge in [-0.3, -0.25) is 4.79 Å². The Balaban J connectivity index is 2.41. The first kappa shape index (κ1) is 13.8. The summed E-state index contributed by atoms with van der Waals surface area (Å²) < 4.78 is 0. The van der Waals surface area contributed by atoms with Crippen LogP contribution in [0.1, 0.15) is 46.0 Å². The van der Waals surface area contributed by atoms with Crippen molar-refractivity contribution in [1.82, 2.24) is 4.90 Å². The molecule has 0 unspecified atom stereocenters. The van der Waals surface area contributed by atoms with E-state index in [0.717, 1.165) is 38.3 Å². The third-order valence-electron chi connectivity index (χ3n) is 3.62. The molecule has 1 amide bonds. The predicted molar refractivity (Wildman–Crippen MR) is 68.7 cm³/mol. The van der Waals surface area contributed by atoms with Crippen LogP contribution in [0.15, 0.2) is 0 Å². The van der Waals surface area contributed by atoms with Crippen molar-refractivity contribution in [1.29, 1.82) is 0 Å². The smallest absolute Gasteiger partial charge is 0.225 e. The molecule has 16 heavy (non-hydrogen) atoms. The molecule has 0 heterocycles. The van der Waals surface area contributed by atoms with Gasteiger partial charge in [0.05, 0.1) is 0 Å². The highest BCUT2D eigenvalue weighted by Crippen LogP contribution is 2.29. The number of halogens is 1. The van der Waals surface area contributed by atoms with E-state index in [-0.39, 0.29) is 5.92 Å². The molecule has 0 saturated heterocycles. The first-order valence-electron chi connectivity index (χ1n) is 6.53. The molecule has 1 fully saturated rings. The molecule has 0 bridgehead atoms. The van der Waals surface area contributed by atoms with Gasteiger partial charge in [-0.2, -0.15) is 0 Å². The van der Waals surface area contributed by atoms with Crippen molar-refractivity contribution in [2.75, 3.05) is 19.0 Å². The van der Waals surface area contributed by atoms with Gasteiger partial charge in [0, 0.05) is 24.9 Å². The second kappa shape index (κ2) is 7.16. The molecule has 1 aliphatic carbocycles. The summed E-state index contributed by atoms with van der Waals surface area (Å²) in [6.07, 6.45) is 5.49. The lowest BCUT2D eigenvalue weighted by Gasteiger charge is -2.30. The van der Waals surface area contributed by atoms with E-state index in [4.69, 9.17) is 11.6 Å². The fraction of sp³-hybridized carbons (Fsp3) is 0.923. The normalized spacial score (nSPS) is 25.4. The SMILES string of the molecule is CCN(CCCCl)C(=O)C1CCC(C)CC1. The van der Waals surface area contributed by atoms with Crippen molar-refractivity contribution in [3.8, 4) is 0 Å². The maximum Gasteiger partial charge on any atom is 0.225 e. The van der Waals surface area contributed by atoms with Crippen LogP contribution in [-0.2, 0) is 4.79 Å². The summed E-state index contributed by atoms with van der Waals surface area (Å²) in [6.45, 7) is 5.98. The van der Waals surface area contributed by atoms with Gasteiger partial charge in [0.1, 0.15) is 0 Å². The van der Waals surface area contributed by atoms with Crippen LogP contribution in [0.4, 0.5) is 0 Å². The molecule has 0 aromatic rings. The van der Waals surface area contributed by atoms with Crippen molar-refractivity contribution in [3.63, 3.8) is 0 Å². The molecule has 1 aliphatic rings. The molecule has 0 aliphatic heterocycles. The predicted octanol–water partition coefficient (Wildman–Crippen LogP) is 3.29. The molecule has 2 nitrogen and oxygen atoms in total. The number of nitrogens with zero attached hydrogens (tertiary/aromatic N) is 1. The Morgan fingerprint density at radius 1 is 1.31 bits per heavy atom. The van der Waals surface area contributed by atoms with E-state index < -0.39 is 0 Å². The molecule has 0 spiro atoms. The maximum atomic E-state index is 12.2. The number of amides is 1. The fourth-order valence-corrected chi connectivity index (χ4v) is 2.56. The van der Waals surface area contributed by atoms with Gasteiger partial charge in [0.2, 0.25) is 5.91 Å². The van der Waals surface area contributed by atoms with E-state index in [1.165, 1.54) is 12.8 Å². The summed E-state index contributed by atoms with van der Waals surface area (Å²) in [6, 6.07) is 0. The van der Waals surface area contributed by atoms with Crippen molar-refractivity contribution in [2.45, 2.75) is 46.0 Å². The van der Waals surface area contributed by atoms with Crippen LogP contribution in [0.3, 0.4) is 0 Å². The summed E-state index contributed by atoms with van der Waals surface area (Å²) in [5, 5.41) is 0. The van der Waals surface area contributed by atoms with E-state index >= 15 is 0 Å². The standard InChI is InChI=1S/C13H24ClNO/c1-3-15(10-4-9-14)13(16)12-7-5-11(2)6-8-12/h11-12H,3-10H2,1-2H3. The Labute approximate surface area is 104 Å². The van der Waals surface area contributed by atoms with Crippen LogP contribution in [0, 0.1) is 11.8 Å². The first-order valence-corrected chi connectivity index (χ1v) is 7.07. The fourth-order valence-electron chi connectivity index (χ4n) is 2.44. The number of hydrogen-bond donors (Lipinski definition) is 0. The Hall–Kier alpha value is -0.240. The zero-order valence-electron chi connectivity index (χ0n) is 10.5. The molecule has 94 valence electrons. The summed E-state index contributed by atoms with van der Waals surface area (Å²) in [4.78, 5) is 14.2. The highest BCUT2D eigenvalue weighted by Gasteiger charge is 2.27. The average Bonchev–Trinajstić information content (AvgIpc) is 2.30. The van der Waals surface area contributed by atoms with E-state index in [1.807, 2.05) is 4.90 Å². The van der Waals surface area contributed by atoms with E-state index in [9.17, 15) is 4.79 Å². The number of hydrogen-bond acceptors (Lipinski definition) is 1. The van der Waals surface area contributed by atoms with Crippen LogP contribution in [0.2, 0.25) is 0 Å². The Morgan fingerprint density at radius 3 is 2.44 bits per heavy atom. The van der Waals surface area contributed by atoms with Crippen LogP contribution in [0.25, 0.3) is 0 Å². The van der Waals surface area contributed by atoms with E-state index in [0.29, 0.717) is 11.8 Å². The van der Waals surface area contributed by atoms with Gasteiger partial charge in [-0.1, -0.05) is 6.92 Å². The molecule has 0 N–H and O–H groups in total. The Kier molecular flexibility index (Phi) is 6.18. The third kappa shape index (κ3) is 3.97. The lowest BCUT2D eigenvalue weighted by molar-refractivity contribution is -0.136. The minimum Gasteiger partial charge on any atom is -0.343 e.